The van der Waals surface area contributed by atoms with E-state index in [1.165, 1.54) is 6.42 Å². The van der Waals surface area contributed by atoms with E-state index < -0.39 is 0 Å². The Balaban J connectivity index is 2.31. The topological polar surface area (TPSA) is 65.9 Å². The van der Waals surface area contributed by atoms with Gasteiger partial charge in [-0.1, -0.05) is 13.3 Å². The number of aromatic nitrogens is 1. The first-order valence-electron chi connectivity index (χ1n) is 7.03. The lowest BCUT2D eigenvalue weighted by atomic mass is 9.88. The number of nitrogens with zero attached hydrogens (tertiary/aromatic N) is 3. The van der Waals surface area contributed by atoms with Gasteiger partial charge in [0.25, 0.3) is 0 Å². The number of nitriles is 1. The molecule has 0 bridgehead atoms. The van der Waals surface area contributed by atoms with Crippen LogP contribution in [0.4, 0.5) is 5.82 Å². The summed E-state index contributed by atoms with van der Waals surface area (Å²) in [5, 5.41) is 9.34. The van der Waals surface area contributed by atoms with Gasteiger partial charge in [0.1, 0.15) is 11.9 Å². The van der Waals surface area contributed by atoms with Gasteiger partial charge in [0, 0.05) is 25.3 Å². The van der Waals surface area contributed by atoms with Crippen LogP contribution in [0, 0.1) is 24.2 Å². The molecule has 2 rings (SSSR count). The highest BCUT2D eigenvalue weighted by atomic mass is 15.2. The maximum Gasteiger partial charge on any atom is 0.147 e. The molecule has 0 aromatic carbocycles. The number of anilines is 1. The van der Waals surface area contributed by atoms with Crippen molar-refractivity contribution >= 4 is 5.82 Å². The van der Waals surface area contributed by atoms with Crippen LogP contribution in [0.1, 0.15) is 37.3 Å². The van der Waals surface area contributed by atoms with Gasteiger partial charge in [-0.15, -0.1) is 0 Å². The largest absolute Gasteiger partial charge is 0.351 e. The van der Waals surface area contributed by atoms with E-state index >= 15 is 0 Å². The van der Waals surface area contributed by atoms with Gasteiger partial charge in [-0.2, -0.15) is 5.26 Å². The van der Waals surface area contributed by atoms with Crippen molar-refractivity contribution in [3.8, 4) is 6.07 Å². The van der Waals surface area contributed by atoms with E-state index in [0.29, 0.717) is 18.2 Å². The molecule has 19 heavy (non-hydrogen) atoms. The van der Waals surface area contributed by atoms with E-state index in [4.69, 9.17) is 5.73 Å². The van der Waals surface area contributed by atoms with Gasteiger partial charge in [-0.25, -0.2) is 4.98 Å². The van der Waals surface area contributed by atoms with Crippen LogP contribution in [0.15, 0.2) is 12.3 Å². The van der Waals surface area contributed by atoms with Crippen LogP contribution in [0.5, 0.6) is 0 Å². The normalized spacial score (nSPS) is 23.2. The molecule has 1 fully saturated rings. The number of aryl methyl sites for hydroxylation is 1. The SMILES string of the molecule is CCC1CCN(c2nccc(C)c2C#N)C(CN)C1. The fourth-order valence-electron chi connectivity index (χ4n) is 2.91. The highest BCUT2D eigenvalue weighted by Crippen LogP contribution is 2.30. The van der Waals surface area contributed by atoms with Gasteiger partial charge < -0.3 is 10.6 Å². The predicted molar refractivity (Wildman–Crippen MR) is 76.9 cm³/mol. The van der Waals surface area contributed by atoms with Crippen molar-refractivity contribution in [2.24, 2.45) is 11.7 Å². The average molecular weight is 258 g/mol. The van der Waals surface area contributed by atoms with E-state index in [0.717, 1.165) is 36.7 Å². The van der Waals surface area contributed by atoms with Gasteiger partial charge >= 0.3 is 0 Å². The van der Waals surface area contributed by atoms with Crippen molar-refractivity contribution in [1.82, 2.24) is 4.98 Å². The lowest BCUT2D eigenvalue weighted by molar-refractivity contribution is 0.334. The first kappa shape index (κ1) is 13.8. The third-order valence-electron chi connectivity index (χ3n) is 4.20. The van der Waals surface area contributed by atoms with Crippen molar-refractivity contribution in [3.63, 3.8) is 0 Å². The number of hydrogen-bond donors (Lipinski definition) is 1. The van der Waals surface area contributed by atoms with Gasteiger partial charge in [-0.05, 0) is 37.3 Å². The molecule has 4 heteroatoms. The molecule has 2 N–H and O–H groups in total. The Hall–Kier alpha value is -1.60. The highest BCUT2D eigenvalue weighted by Gasteiger charge is 2.29. The summed E-state index contributed by atoms with van der Waals surface area (Å²) in [4.78, 5) is 6.66. The fourth-order valence-corrected chi connectivity index (χ4v) is 2.91. The number of piperidine rings is 1. The second-order valence-electron chi connectivity index (χ2n) is 5.32. The smallest absolute Gasteiger partial charge is 0.147 e. The molecule has 1 saturated heterocycles. The van der Waals surface area contributed by atoms with Crippen LogP contribution in [-0.4, -0.2) is 24.1 Å². The number of nitrogens with two attached hydrogens (primary N) is 1. The van der Waals surface area contributed by atoms with E-state index in [2.05, 4.69) is 22.9 Å². The van der Waals surface area contributed by atoms with Crippen molar-refractivity contribution in [1.29, 1.82) is 5.26 Å². The lowest BCUT2D eigenvalue weighted by Gasteiger charge is -2.40. The minimum absolute atomic E-state index is 0.306. The summed E-state index contributed by atoms with van der Waals surface area (Å²) in [6.45, 7) is 5.77. The highest BCUT2D eigenvalue weighted by molar-refractivity contribution is 5.58. The van der Waals surface area contributed by atoms with Crippen LogP contribution in [-0.2, 0) is 0 Å². The molecule has 0 amide bonds. The van der Waals surface area contributed by atoms with Crippen molar-refractivity contribution in [3.05, 3.63) is 23.4 Å². The van der Waals surface area contributed by atoms with Crippen LogP contribution >= 0.6 is 0 Å². The zero-order valence-electron chi connectivity index (χ0n) is 11.8. The van der Waals surface area contributed by atoms with E-state index in [9.17, 15) is 5.26 Å². The molecule has 1 aromatic rings. The predicted octanol–water partition coefficient (Wildman–Crippen LogP) is 2.22. The molecule has 1 aromatic heterocycles. The minimum Gasteiger partial charge on any atom is -0.351 e. The molecule has 102 valence electrons. The number of hydrogen-bond acceptors (Lipinski definition) is 4. The summed E-state index contributed by atoms with van der Waals surface area (Å²) >= 11 is 0. The van der Waals surface area contributed by atoms with Gasteiger partial charge in [0.2, 0.25) is 0 Å². The summed E-state index contributed by atoms with van der Waals surface area (Å²) < 4.78 is 0. The zero-order chi connectivity index (χ0) is 13.8. The van der Waals surface area contributed by atoms with E-state index in [1.807, 2.05) is 13.0 Å². The molecule has 2 unspecified atom stereocenters. The van der Waals surface area contributed by atoms with E-state index in [1.54, 1.807) is 6.20 Å². The average Bonchev–Trinajstić information content (AvgIpc) is 2.46. The Morgan fingerprint density at radius 3 is 3.00 bits per heavy atom. The third kappa shape index (κ3) is 2.71. The van der Waals surface area contributed by atoms with Crippen molar-refractivity contribution < 1.29 is 0 Å². The van der Waals surface area contributed by atoms with Crippen LogP contribution in [0.3, 0.4) is 0 Å². The summed E-state index contributed by atoms with van der Waals surface area (Å²) in [7, 11) is 0. The Morgan fingerprint density at radius 1 is 1.58 bits per heavy atom. The number of pyridine rings is 1. The standard InChI is InChI=1S/C15H22N4/c1-3-12-5-7-19(13(8-12)9-16)15-14(10-17)11(2)4-6-18-15/h4,6,12-13H,3,5,7-9,16H2,1-2H3. The van der Waals surface area contributed by atoms with Gasteiger partial charge in [0.15, 0.2) is 0 Å². The monoisotopic (exact) mass is 258 g/mol. The molecule has 0 aliphatic carbocycles. The molecule has 1 aliphatic heterocycles. The quantitative estimate of drug-likeness (QED) is 0.902. The van der Waals surface area contributed by atoms with Crippen LogP contribution < -0.4 is 10.6 Å². The summed E-state index contributed by atoms with van der Waals surface area (Å²) in [6, 6.07) is 4.48. The Morgan fingerprint density at radius 2 is 2.37 bits per heavy atom. The van der Waals surface area contributed by atoms with E-state index in [-0.39, 0.29) is 0 Å². The molecule has 4 nitrogen and oxygen atoms in total. The molecule has 2 atom stereocenters. The van der Waals surface area contributed by atoms with Crippen LogP contribution in [0.2, 0.25) is 0 Å². The first-order valence-corrected chi connectivity index (χ1v) is 7.03. The lowest BCUT2D eigenvalue weighted by Crippen LogP contribution is -2.47. The molecule has 0 saturated carbocycles. The summed E-state index contributed by atoms with van der Waals surface area (Å²) in [5.41, 5.74) is 7.60. The maximum absolute atomic E-state index is 9.34. The molecular weight excluding hydrogens is 236 g/mol. The summed E-state index contributed by atoms with van der Waals surface area (Å²) in [6.07, 6.45) is 5.25. The Kier molecular flexibility index (Phi) is 4.39. The fraction of sp³-hybridized carbons (Fsp3) is 0.600. The third-order valence-corrected chi connectivity index (χ3v) is 4.20. The molecule has 2 heterocycles. The van der Waals surface area contributed by atoms with Crippen LogP contribution in [0.25, 0.3) is 0 Å². The van der Waals surface area contributed by atoms with Crippen molar-refractivity contribution in [2.75, 3.05) is 18.0 Å². The molecular formula is C15H22N4. The van der Waals surface area contributed by atoms with Crippen molar-refractivity contribution in [2.45, 2.75) is 39.2 Å². The molecule has 1 aliphatic rings. The second kappa shape index (κ2) is 6.03. The molecule has 0 spiro atoms. The summed E-state index contributed by atoms with van der Waals surface area (Å²) in [5.74, 6) is 1.56. The second-order valence-corrected chi connectivity index (χ2v) is 5.32. The zero-order valence-corrected chi connectivity index (χ0v) is 11.8. The molecule has 0 radical (unpaired) electrons. The maximum atomic E-state index is 9.34. The van der Waals surface area contributed by atoms with Gasteiger partial charge in [-0.3, -0.25) is 0 Å². The Bertz CT molecular complexity index is 478. The Labute approximate surface area is 115 Å². The first-order chi connectivity index (χ1) is 9.21. The number of rotatable bonds is 3. The van der Waals surface area contributed by atoms with Gasteiger partial charge in [0.05, 0.1) is 5.56 Å². The minimum atomic E-state index is 0.306.